The highest BCUT2D eigenvalue weighted by Gasteiger charge is 2.28. The van der Waals surface area contributed by atoms with Crippen LogP contribution in [0.1, 0.15) is 18.3 Å². The van der Waals surface area contributed by atoms with Gasteiger partial charge in [-0.1, -0.05) is 6.07 Å². The Balaban J connectivity index is 1.93. The van der Waals surface area contributed by atoms with E-state index >= 15 is 0 Å². The highest BCUT2D eigenvalue weighted by Crippen LogP contribution is 2.28. The molecule has 1 atom stereocenters. The van der Waals surface area contributed by atoms with Crippen LogP contribution in [0.15, 0.2) is 36.0 Å². The standard InChI is InChI=1S/C18H20F3N3O2/c1-11-8-14(10-23(3)17(11)25)13-4-5-15-16(9-13)24(12(2)22-15)6-7-26-18(19,20)21/h4-5,8-10,17,25H,6-7H2,1-3H3. The monoisotopic (exact) mass is 367 g/mol. The zero-order valence-corrected chi connectivity index (χ0v) is 14.7. The van der Waals surface area contributed by atoms with Gasteiger partial charge in [0.2, 0.25) is 0 Å². The van der Waals surface area contributed by atoms with Crippen LogP contribution in [0, 0.1) is 6.92 Å². The van der Waals surface area contributed by atoms with Crippen molar-refractivity contribution in [2.24, 2.45) is 0 Å². The maximum absolute atomic E-state index is 12.2. The van der Waals surface area contributed by atoms with E-state index in [4.69, 9.17) is 0 Å². The van der Waals surface area contributed by atoms with Crippen LogP contribution in [-0.2, 0) is 11.3 Å². The molecule has 1 aliphatic heterocycles. The SMILES string of the molecule is CC1=CC(c2ccc3nc(C)n(CCOC(F)(F)F)c3c2)=CN(C)C1O. The Hall–Kier alpha value is -2.32. The Morgan fingerprint density at radius 1 is 1.27 bits per heavy atom. The van der Waals surface area contributed by atoms with Crippen molar-refractivity contribution in [2.45, 2.75) is 33.0 Å². The van der Waals surface area contributed by atoms with E-state index in [0.29, 0.717) is 11.3 Å². The number of rotatable bonds is 4. The summed E-state index contributed by atoms with van der Waals surface area (Å²) in [4.78, 5) is 6.10. The molecule has 0 amide bonds. The molecule has 26 heavy (non-hydrogen) atoms. The lowest BCUT2D eigenvalue weighted by Crippen LogP contribution is -2.30. The average Bonchev–Trinajstić information content (AvgIpc) is 2.86. The summed E-state index contributed by atoms with van der Waals surface area (Å²) in [6, 6.07) is 5.64. The van der Waals surface area contributed by atoms with Gasteiger partial charge in [0.15, 0.2) is 0 Å². The summed E-state index contributed by atoms with van der Waals surface area (Å²) in [5, 5.41) is 9.99. The highest BCUT2D eigenvalue weighted by atomic mass is 19.4. The third-order valence-corrected chi connectivity index (χ3v) is 4.37. The first-order valence-corrected chi connectivity index (χ1v) is 8.13. The number of aryl methyl sites for hydroxylation is 1. The summed E-state index contributed by atoms with van der Waals surface area (Å²) in [6.45, 7) is 3.17. The largest absolute Gasteiger partial charge is 0.522 e. The minimum atomic E-state index is -4.64. The third kappa shape index (κ3) is 3.76. The van der Waals surface area contributed by atoms with Crippen LogP contribution in [0.4, 0.5) is 13.2 Å². The first kappa shape index (κ1) is 18.5. The van der Waals surface area contributed by atoms with Crippen molar-refractivity contribution in [2.75, 3.05) is 13.7 Å². The van der Waals surface area contributed by atoms with Crippen molar-refractivity contribution in [3.8, 4) is 0 Å². The average molecular weight is 367 g/mol. The van der Waals surface area contributed by atoms with Gasteiger partial charge in [-0.05, 0) is 48.8 Å². The fraction of sp³-hybridized carbons (Fsp3) is 0.389. The number of fused-ring (bicyclic) bond motifs is 1. The van der Waals surface area contributed by atoms with Crippen molar-refractivity contribution in [1.82, 2.24) is 14.5 Å². The second-order valence-electron chi connectivity index (χ2n) is 6.32. The van der Waals surface area contributed by atoms with Crippen LogP contribution in [0.5, 0.6) is 0 Å². The lowest BCUT2D eigenvalue weighted by Gasteiger charge is -2.27. The molecule has 0 aliphatic carbocycles. The van der Waals surface area contributed by atoms with Gasteiger partial charge in [-0.15, -0.1) is 13.2 Å². The van der Waals surface area contributed by atoms with Crippen LogP contribution in [0.3, 0.4) is 0 Å². The molecule has 1 unspecified atom stereocenters. The molecule has 0 saturated carbocycles. The molecule has 8 heteroatoms. The van der Waals surface area contributed by atoms with Crippen LogP contribution in [0.2, 0.25) is 0 Å². The molecular formula is C18H20F3N3O2. The summed E-state index contributed by atoms with van der Waals surface area (Å²) in [5.74, 6) is 0.625. The first-order chi connectivity index (χ1) is 12.2. The van der Waals surface area contributed by atoms with Gasteiger partial charge in [-0.25, -0.2) is 4.98 Å². The summed E-state index contributed by atoms with van der Waals surface area (Å²) >= 11 is 0. The van der Waals surface area contributed by atoms with Gasteiger partial charge in [0.25, 0.3) is 0 Å². The van der Waals surface area contributed by atoms with Crippen LogP contribution >= 0.6 is 0 Å². The Kier molecular flexibility index (Phi) is 4.81. The van der Waals surface area contributed by atoms with Crippen LogP contribution < -0.4 is 0 Å². The van der Waals surface area contributed by atoms with E-state index in [9.17, 15) is 18.3 Å². The third-order valence-electron chi connectivity index (χ3n) is 4.37. The number of alkyl halides is 3. The number of aliphatic hydroxyl groups is 1. The first-order valence-electron chi connectivity index (χ1n) is 8.13. The number of ether oxygens (including phenoxy) is 1. The molecule has 0 spiro atoms. The summed E-state index contributed by atoms with van der Waals surface area (Å²) in [5.41, 5.74) is 4.08. The Morgan fingerprint density at radius 3 is 2.65 bits per heavy atom. The van der Waals surface area contributed by atoms with Gasteiger partial charge in [-0.3, -0.25) is 4.74 Å². The van der Waals surface area contributed by atoms with E-state index in [2.05, 4.69) is 9.72 Å². The Labute approximate surface area is 149 Å². The molecule has 0 radical (unpaired) electrons. The smallest absolute Gasteiger partial charge is 0.370 e. The molecule has 0 saturated heterocycles. The van der Waals surface area contributed by atoms with E-state index < -0.39 is 19.2 Å². The van der Waals surface area contributed by atoms with Crippen molar-refractivity contribution < 1.29 is 23.0 Å². The minimum absolute atomic E-state index is 0.0534. The lowest BCUT2D eigenvalue weighted by atomic mass is 10.00. The normalized spacial score (nSPS) is 18.3. The number of aliphatic hydroxyl groups excluding tert-OH is 1. The van der Waals surface area contributed by atoms with Gasteiger partial charge in [0.1, 0.15) is 12.1 Å². The molecule has 1 N–H and O–H groups in total. The second-order valence-corrected chi connectivity index (χ2v) is 6.32. The number of nitrogens with zero attached hydrogens (tertiary/aromatic N) is 3. The molecule has 1 aromatic heterocycles. The zero-order valence-electron chi connectivity index (χ0n) is 14.7. The number of hydrogen-bond donors (Lipinski definition) is 1. The van der Waals surface area contributed by atoms with E-state index in [1.54, 1.807) is 23.4 Å². The highest BCUT2D eigenvalue weighted by molar-refractivity contribution is 5.84. The van der Waals surface area contributed by atoms with Crippen molar-refractivity contribution in [3.05, 3.63) is 47.4 Å². The van der Waals surface area contributed by atoms with Crippen LogP contribution in [-0.4, -0.2) is 45.8 Å². The predicted octanol–water partition coefficient (Wildman–Crippen LogP) is 3.43. The number of aromatic nitrogens is 2. The Morgan fingerprint density at radius 2 is 2.00 bits per heavy atom. The number of imidazole rings is 1. The fourth-order valence-electron chi connectivity index (χ4n) is 3.08. The van der Waals surface area contributed by atoms with Crippen molar-refractivity contribution in [1.29, 1.82) is 0 Å². The van der Waals surface area contributed by atoms with E-state index in [1.165, 1.54) is 0 Å². The van der Waals surface area contributed by atoms with E-state index in [1.807, 2.05) is 37.4 Å². The van der Waals surface area contributed by atoms with Crippen molar-refractivity contribution >= 4 is 16.6 Å². The minimum Gasteiger partial charge on any atom is -0.370 e. The Bertz CT molecular complexity index is 884. The number of likely N-dealkylation sites (N-methyl/N-ethyl adjacent to an activating group) is 1. The topological polar surface area (TPSA) is 50.5 Å². The summed E-state index contributed by atoms with van der Waals surface area (Å²) in [7, 11) is 1.78. The maximum atomic E-state index is 12.2. The fourth-order valence-corrected chi connectivity index (χ4v) is 3.08. The lowest BCUT2D eigenvalue weighted by molar-refractivity contribution is -0.325. The number of allylic oxidation sites excluding steroid dienone is 2. The van der Waals surface area contributed by atoms with Gasteiger partial charge < -0.3 is 14.6 Å². The van der Waals surface area contributed by atoms with Crippen LogP contribution in [0.25, 0.3) is 16.6 Å². The number of hydrogen-bond acceptors (Lipinski definition) is 4. The number of halogens is 3. The quantitative estimate of drug-likeness (QED) is 0.900. The summed E-state index contributed by atoms with van der Waals surface area (Å²) < 4.78 is 42.3. The van der Waals surface area contributed by atoms with Gasteiger partial charge >= 0.3 is 6.36 Å². The molecule has 2 aromatic rings. The molecule has 0 fully saturated rings. The predicted molar refractivity (Wildman–Crippen MR) is 92.0 cm³/mol. The molecule has 5 nitrogen and oxygen atoms in total. The van der Waals surface area contributed by atoms with Gasteiger partial charge in [0, 0.05) is 19.8 Å². The molecule has 2 heterocycles. The van der Waals surface area contributed by atoms with E-state index in [0.717, 1.165) is 22.2 Å². The second kappa shape index (κ2) is 6.77. The summed E-state index contributed by atoms with van der Waals surface area (Å²) in [6.07, 6.45) is -1.57. The van der Waals surface area contributed by atoms with E-state index in [-0.39, 0.29) is 6.54 Å². The molecule has 1 aromatic carbocycles. The molecule has 1 aliphatic rings. The zero-order chi connectivity index (χ0) is 19.1. The molecule has 3 rings (SSSR count). The van der Waals surface area contributed by atoms with Crippen molar-refractivity contribution in [3.63, 3.8) is 0 Å². The molecule has 140 valence electrons. The number of benzene rings is 1. The van der Waals surface area contributed by atoms with Gasteiger partial charge in [-0.2, -0.15) is 0 Å². The maximum Gasteiger partial charge on any atom is 0.522 e. The van der Waals surface area contributed by atoms with Gasteiger partial charge in [0.05, 0.1) is 17.6 Å². The molecule has 0 bridgehead atoms. The molecular weight excluding hydrogens is 347 g/mol.